The number of benzene rings is 1. The van der Waals surface area contributed by atoms with Crippen LogP contribution in [0.4, 0.5) is 20.8 Å². The fraction of sp³-hybridized carbons (Fsp3) is 0.158. The highest BCUT2D eigenvalue weighted by Gasteiger charge is 2.23. The van der Waals surface area contributed by atoms with Crippen molar-refractivity contribution < 1.29 is 14.0 Å². The van der Waals surface area contributed by atoms with Crippen molar-refractivity contribution in [1.29, 1.82) is 0 Å². The highest BCUT2D eigenvalue weighted by molar-refractivity contribution is 7.10. The van der Waals surface area contributed by atoms with Crippen LogP contribution in [-0.4, -0.2) is 27.6 Å². The number of nitrogens with two attached hydrogens (primary N) is 2. The quantitative estimate of drug-likeness (QED) is 0.293. The van der Waals surface area contributed by atoms with Crippen LogP contribution in [0.15, 0.2) is 42.6 Å². The minimum absolute atomic E-state index is 0.0434. The molecule has 1 atom stereocenters. The van der Waals surface area contributed by atoms with Gasteiger partial charge < -0.3 is 15.8 Å². The van der Waals surface area contributed by atoms with Crippen LogP contribution in [0.3, 0.4) is 0 Å². The van der Waals surface area contributed by atoms with E-state index in [1.165, 1.54) is 17.6 Å². The molecule has 2 heterocycles. The van der Waals surface area contributed by atoms with E-state index in [0.717, 1.165) is 16.8 Å². The van der Waals surface area contributed by atoms with Crippen molar-refractivity contribution in [2.75, 3.05) is 10.3 Å². The first kappa shape index (κ1) is 20.4. The molecule has 0 spiro atoms. The van der Waals surface area contributed by atoms with Gasteiger partial charge in [0.2, 0.25) is 0 Å². The van der Waals surface area contributed by atoms with Gasteiger partial charge in [-0.1, -0.05) is 6.07 Å². The van der Waals surface area contributed by atoms with Gasteiger partial charge in [-0.25, -0.2) is 10.2 Å². The Kier molecular flexibility index (Phi) is 6.15. The first-order valence-corrected chi connectivity index (χ1v) is 9.39. The van der Waals surface area contributed by atoms with Crippen molar-refractivity contribution in [2.24, 2.45) is 11.6 Å². The molecule has 0 unspecified atom stereocenters. The average Bonchev–Trinajstić information content (AvgIpc) is 3.12. The van der Waals surface area contributed by atoms with E-state index in [4.69, 9.17) is 11.6 Å². The Bertz CT molecular complexity index is 1030. The van der Waals surface area contributed by atoms with Gasteiger partial charge in [-0.2, -0.15) is 4.37 Å². The van der Waals surface area contributed by atoms with Gasteiger partial charge in [0.15, 0.2) is 0 Å². The number of hydrogen-bond acceptors (Lipinski definition) is 8. The topological polar surface area (TPSA) is 127 Å². The number of hydrogen-bond donors (Lipinski definition) is 3. The van der Waals surface area contributed by atoms with E-state index < -0.39 is 17.8 Å². The van der Waals surface area contributed by atoms with Crippen LogP contribution >= 0.6 is 11.5 Å². The number of hydrazine groups is 1. The van der Waals surface area contributed by atoms with Crippen LogP contribution in [-0.2, 0) is 11.2 Å². The first-order chi connectivity index (χ1) is 13.9. The van der Waals surface area contributed by atoms with E-state index in [1.54, 1.807) is 30.5 Å². The summed E-state index contributed by atoms with van der Waals surface area (Å²) in [6.45, 7) is 1.82. The number of rotatable bonds is 8. The maximum absolute atomic E-state index is 14.7. The SMILES string of the molecule is Cc1cc(Nc2cc(N(N)[C@@H](C=O)Cc3ccccn3)c(F)cc2C(N)=O)sn1. The van der Waals surface area contributed by atoms with Crippen LogP contribution in [0.1, 0.15) is 21.7 Å². The molecule has 3 aromatic rings. The molecule has 0 radical (unpaired) electrons. The standard InChI is InChI=1S/C19H19FN6O2S/c1-11-6-18(29-25-11)24-16-9-17(15(20)8-14(16)19(21)28)26(22)13(10-27)7-12-4-2-3-5-23-12/h2-6,8-10,13,24H,7,22H2,1H3,(H2,21,28)/t13-/m1/s1. The molecule has 0 fully saturated rings. The summed E-state index contributed by atoms with van der Waals surface area (Å²) in [7, 11) is 0. The molecular weight excluding hydrogens is 395 g/mol. The highest BCUT2D eigenvalue weighted by atomic mass is 32.1. The number of aryl methyl sites for hydroxylation is 1. The molecule has 0 aliphatic carbocycles. The summed E-state index contributed by atoms with van der Waals surface area (Å²) >= 11 is 1.18. The second-order valence-electron chi connectivity index (χ2n) is 6.31. The molecule has 0 bridgehead atoms. The average molecular weight is 414 g/mol. The molecule has 10 heteroatoms. The summed E-state index contributed by atoms with van der Waals surface area (Å²) < 4.78 is 18.9. The minimum Gasteiger partial charge on any atom is -0.366 e. The zero-order valence-corrected chi connectivity index (χ0v) is 16.3. The third-order valence-electron chi connectivity index (χ3n) is 4.18. The summed E-state index contributed by atoms with van der Waals surface area (Å²) in [5.74, 6) is 4.49. The number of aromatic nitrogens is 2. The second kappa shape index (κ2) is 8.76. The zero-order valence-electron chi connectivity index (χ0n) is 15.5. The molecule has 150 valence electrons. The predicted octanol–water partition coefficient (Wildman–Crippen LogP) is 2.32. The third-order valence-corrected chi connectivity index (χ3v) is 4.97. The van der Waals surface area contributed by atoms with Gasteiger partial charge in [0, 0.05) is 18.3 Å². The Morgan fingerprint density at radius 2 is 2.17 bits per heavy atom. The number of halogens is 1. The lowest BCUT2D eigenvalue weighted by molar-refractivity contribution is -0.109. The molecule has 0 saturated carbocycles. The summed E-state index contributed by atoms with van der Waals surface area (Å²) in [5, 5.41) is 4.67. The van der Waals surface area contributed by atoms with Crippen LogP contribution < -0.4 is 21.9 Å². The normalized spacial score (nSPS) is 11.7. The summed E-state index contributed by atoms with van der Waals surface area (Å²) in [5.41, 5.74) is 6.96. The maximum atomic E-state index is 14.7. The molecule has 0 saturated heterocycles. The van der Waals surface area contributed by atoms with Crippen molar-refractivity contribution >= 4 is 40.1 Å². The lowest BCUT2D eigenvalue weighted by atomic mass is 10.1. The van der Waals surface area contributed by atoms with E-state index in [-0.39, 0.29) is 23.4 Å². The fourth-order valence-corrected chi connectivity index (χ4v) is 3.42. The molecule has 3 rings (SSSR count). The summed E-state index contributed by atoms with van der Waals surface area (Å²) in [6.07, 6.45) is 2.41. The molecule has 2 aromatic heterocycles. The zero-order chi connectivity index (χ0) is 21.0. The van der Waals surface area contributed by atoms with E-state index in [1.807, 2.05) is 6.92 Å². The third kappa shape index (κ3) is 4.73. The van der Waals surface area contributed by atoms with Crippen molar-refractivity contribution in [1.82, 2.24) is 9.36 Å². The molecular formula is C19H19FN6O2S. The number of nitrogens with one attached hydrogen (secondary N) is 1. The van der Waals surface area contributed by atoms with Crippen molar-refractivity contribution in [2.45, 2.75) is 19.4 Å². The van der Waals surface area contributed by atoms with Gasteiger partial charge in [0.25, 0.3) is 5.91 Å². The molecule has 29 heavy (non-hydrogen) atoms. The van der Waals surface area contributed by atoms with Gasteiger partial charge in [0.1, 0.15) is 23.1 Å². The Hall–Kier alpha value is -3.37. The lowest BCUT2D eigenvalue weighted by Crippen LogP contribution is -2.44. The monoisotopic (exact) mass is 414 g/mol. The maximum Gasteiger partial charge on any atom is 0.250 e. The molecule has 5 N–H and O–H groups in total. The fourth-order valence-electron chi connectivity index (χ4n) is 2.75. The van der Waals surface area contributed by atoms with E-state index in [9.17, 15) is 14.0 Å². The van der Waals surface area contributed by atoms with Crippen LogP contribution in [0, 0.1) is 12.7 Å². The van der Waals surface area contributed by atoms with Gasteiger partial charge in [-0.05, 0) is 48.8 Å². The van der Waals surface area contributed by atoms with Gasteiger partial charge in [-0.3, -0.25) is 14.8 Å². The highest BCUT2D eigenvalue weighted by Crippen LogP contribution is 2.31. The Morgan fingerprint density at radius 1 is 1.38 bits per heavy atom. The van der Waals surface area contributed by atoms with Crippen molar-refractivity contribution in [3.8, 4) is 0 Å². The smallest absolute Gasteiger partial charge is 0.250 e. The Labute approximate surface area is 170 Å². The van der Waals surface area contributed by atoms with Crippen LogP contribution in [0.2, 0.25) is 0 Å². The molecule has 1 amide bonds. The van der Waals surface area contributed by atoms with Gasteiger partial charge in [0.05, 0.1) is 22.6 Å². The number of pyridine rings is 1. The number of nitrogens with zero attached hydrogens (tertiary/aromatic N) is 3. The Balaban J connectivity index is 1.95. The van der Waals surface area contributed by atoms with E-state index in [2.05, 4.69) is 14.7 Å². The molecule has 8 nitrogen and oxygen atoms in total. The lowest BCUT2D eigenvalue weighted by Gasteiger charge is -2.26. The number of aldehydes is 1. The van der Waals surface area contributed by atoms with E-state index in [0.29, 0.717) is 17.0 Å². The van der Waals surface area contributed by atoms with Crippen LogP contribution in [0.5, 0.6) is 0 Å². The first-order valence-electron chi connectivity index (χ1n) is 8.62. The van der Waals surface area contributed by atoms with Crippen LogP contribution in [0.25, 0.3) is 0 Å². The number of amides is 1. The molecule has 0 aliphatic rings. The number of carbonyl (C=O) groups excluding carboxylic acids is 2. The van der Waals surface area contributed by atoms with Gasteiger partial charge in [-0.15, -0.1) is 0 Å². The summed E-state index contributed by atoms with van der Waals surface area (Å²) in [6, 6.07) is 8.53. The Morgan fingerprint density at radius 3 is 2.76 bits per heavy atom. The minimum atomic E-state index is -0.864. The number of primary amides is 1. The van der Waals surface area contributed by atoms with Gasteiger partial charge >= 0.3 is 0 Å². The molecule has 1 aromatic carbocycles. The second-order valence-corrected chi connectivity index (χ2v) is 7.11. The van der Waals surface area contributed by atoms with Crippen molar-refractivity contribution in [3.05, 3.63) is 65.4 Å². The number of anilines is 3. The molecule has 0 aliphatic heterocycles. The summed E-state index contributed by atoms with van der Waals surface area (Å²) in [4.78, 5) is 27.6. The largest absolute Gasteiger partial charge is 0.366 e. The predicted molar refractivity (Wildman–Crippen MR) is 110 cm³/mol. The van der Waals surface area contributed by atoms with Crippen molar-refractivity contribution in [3.63, 3.8) is 0 Å². The number of carbonyl (C=O) groups is 2. The van der Waals surface area contributed by atoms with E-state index >= 15 is 0 Å².